The molecule has 0 aromatic carbocycles. The van der Waals surface area contributed by atoms with Gasteiger partial charge in [-0.05, 0) is 53.0 Å². The molecule has 1 N–H and O–H groups in total. The van der Waals surface area contributed by atoms with Crippen LogP contribution in [-0.2, 0) is 12.0 Å². The minimum atomic E-state index is -0.219. The van der Waals surface area contributed by atoms with Gasteiger partial charge < -0.3 is 0 Å². The van der Waals surface area contributed by atoms with Crippen LogP contribution < -0.4 is 5.32 Å². The van der Waals surface area contributed by atoms with E-state index in [4.69, 9.17) is 10.1 Å². The van der Waals surface area contributed by atoms with Crippen molar-refractivity contribution < 1.29 is 4.79 Å². The summed E-state index contributed by atoms with van der Waals surface area (Å²) in [6.45, 7) is 10.3. The maximum absolute atomic E-state index is 13.2. The Hall–Kier alpha value is -2.35. The van der Waals surface area contributed by atoms with E-state index < -0.39 is 0 Å². The van der Waals surface area contributed by atoms with Gasteiger partial charge in [0, 0.05) is 18.0 Å². The van der Waals surface area contributed by atoms with Gasteiger partial charge in [0.25, 0.3) is 5.91 Å². The van der Waals surface area contributed by atoms with Crippen molar-refractivity contribution in [2.24, 2.45) is 0 Å². The molecule has 1 saturated carbocycles. The smallest absolute Gasteiger partial charge is 0.258 e. The summed E-state index contributed by atoms with van der Waals surface area (Å²) in [5, 5.41) is 18.2. The Morgan fingerprint density at radius 2 is 2.07 bits per heavy atom. The first-order valence-corrected chi connectivity index (χ1v) is 10.6. The lowest BCUT2D eigenvalue weighted by Crippen LogP contribution is -2.23. The molecule has 0 unspecified atom stereocenters. The van der Waals surface area contributed by atoms with Crippen molar-refractivity contribution in [2.45, 2.75) is 71.8 Å². The summed E-state index contributed by atoms with van der Waals surface area (Å²) < 4.78 is 1.94. The molecule has 3 aromatic heterocycles. The number of carbonyl (C=O) groups is 1. The molecule has 7 nitrogen and oxygen atoms in total. The van der Waals surface area contributed by atoms with Crippen molar-refractivity contribution in [2.75, 3.05) is 5.32 Å². The summed E-state index contributed by atoms with van der Waals surface area (Å²) in [5.41, 5.74) is 2.97. The molecule has 0 saturated heterocycles. The van der Waals surface area contributed by atoms with Gasteiger partial charge in [-0.3, -0.25) is 10.1 Å². The predicted molar refractivity (Wildman–Crippen MR) is 111 cm³/mol. The monoisotopic (exact) mass is 398 g/mol. The van der Waals surface area contributed by atoms with E-state index in [1.54, 1.807) is 0 Å². The van der Waals surface area contributed by atoms with Gasteiger partial charge in [0.15, 0.2) is 5.65 Å². The Balaban J connectivity index is 1.78. The molecule has 0 spiro atoms. The van der Waals surface area contributed by atoms with E-state index in [0.29, 0.717) is 16.6 Å². The van der Waals surface area contributed by atoms with Crippen molar-refractivity contribution in [3.05, 3.63) is 28.0 Å². The summed E-state index contributed by atoms with van der Waals surface area (Å²) >= 11 is 1.43. The number of hydrogen-bond acceptors (Lipinski definition) is 6. The molecule has 4 rings (SSSR count). The molecular formula is C20H26N6OS. The average molecular weight is 399 g/mol. The predicted octanol–water partition coefficient (Wildman–Crippen LogP) is 4.43. The molecule has 0 bridgehead atoms. The summed E-state index contributed by atoms with van der Waals surface area (Å²) in [5.74, 6) is 0.266. The minimum Gasteiger partial charge on any atom is -0.296 e. The second-order valence-corrected chi connectivity index (χ2v) is 9.50. The zero-order valence-electron chi connectivity index (χ0n) is 17.0. The summed E-state index contributed by atoms with van der Waals surface area (Å²) in [7, 11) is 0. The van der Waals surface area contributed by atoms with E-state index in [9.17, 15) is 4.79 Å². The number of nitrogens with one attached hydrogen (secondary N) is 1. The van der Waals surface area contributed by atoms with Gasteiger partial charge >= 0.3 is 0 Å². The van der Waals surface area contributed by atoms with Crippen molar-refractivity contribution in [3.8, 4) is 0 Å². The maximum atomic E-state index is 13.2. The third kappa shape index (κ3) is 3.53. The fourth-order valence-corrected chi connectivity index (χ4v) is 4.16. The van der Waals surface area contributed by atoms with Crippen LogP contribution in [0.3, 0.4) is 0 Å². The van der Waals surface area contributed by atoms with Gasteiger partial charge in [-0.25, -0.2) is 9.67 Å². The third-order valence-electron chi connectivity index (χ3n) is 4.86. The number of fused-ring (bicyclic) bond motifs is 1. The van der Waals surface area contributed by atoms with Crippen LogP contribution in [0.2, 0.25) is 0 Å². The molecule has 28 heavy (non-hydrogen) atoms. The van der Waals surface area contributed by atoms with Crippen LogP contribution in [0.1, 0.15) is 79.6 Å². The van der Waals surface area contributed by atoms with E-state index in [-0.39, 0.29) is 11.4 Å². The number of amides is 1. The fraction of sp³-hybridized carbons (Fsp3) is 0.550. The minimum absolute atomic E-state index is 0.176. The third-order valence-corrected chi connectivity index (χ3v) is 5.76. The number of rotatable bonds is 5. The lowest BCUT2D eigenvalue weighted by molar-refractivity contribution is 0.102. The standard InChI is InChI=1S/C20H26N6OS/c1-6-7-15-23-24-19(28-15)22-18(27)13-10-14(12-8-9-12)21-17-16(13)11(2)25-26(17)20(3,4)5/h10,12H,6-9H2,1-5H3,(H,22,24,27). The molecule has 1 fully saturated rings. The molecule has 8 heteroatoms. The summed E-state index contributed by atoms with van der Waals surface area (Å²) in [6.07, 6.45) is 4.12. The van der Waals surface area contributed by atoms with E-state index in [0.717, 1.165) is 53.1 Å². The number of pyridine rings is 1. The van der Waals surface area contributed by atoms with Crippen LogP contribution >= 0.6 is 11.3 Å². The zero-order valence-corrected chi connectivity index (χ0v) is 17.9. The highest BCUT2D eigenvalue weighted by atomic mass is 32.1. The van der Waals surface area contributed by atoms with E-state index in [1.165, 1.54) is 11.3 Å². The Morgan fingerprint density at radius 1 is 1.32 bits per heavy atom. The summed E-state index contributed by atoms with van der Waals surface area (Å²) in [6, 6.07) is 1.94. The van der Waals surface area contributed by atoms with Gasteiger partial charge in [0.05, 0.1) is 22.2 Å². The van der Waals surface area contributed by atoms with Crippen LogP contribution in [0.5, 0.6) is 0 Å². The van der Waals surface area contributed by atoms with Crippen LogP contribution in [0.25, 0.3) is 11.0 Å². The Morgan fingerprint density at radius 3 is 2.71 bits per heavy atom. The Kier molecular flexibility index (Phi) is 4.69. The fourth-order valence-electron chi connectivity index (χ4n) is 3.33. The first-order chi connectivity index (χ1) is 13.3. The van der Waals surface area contributed by atoms with Crippen LogP contribution in [0.15, 0.2) is 6.07 Å². The van der Waals surface area contributed by atoms with Crippen LogP contribution in [0.4, 0.5) is 5.13 Å². The number of carbonyl (C=O) groups excluding carboxylic acids is 1. The lowest BCUT2D eigenvalue weighted by Gasteiger charge is -2.20. The molecule has 3 heterocycles. The number of anilines is 1. The molecule has 1 aliphatic carbocycles. The maximum Gasteiger partial charge on any atom is 0.258 e. The average Bonchev–Trinajstić information content (AvgIpc) is 3.30. The Bertz CT molecular complexity index is 1040. The molecule has 1 aliphatic rings. The molecule has 0 atom stereocenters. The zero-order chi connectivity index (χ0) is 20.1. The first kappa shape index (κ1) is 19.0. The highest BCUT2D eigenvalue weighted by Gasteiger charge is 2.30. The molecule has 3 aromatic rings. The second kappa shape index (κ2) is 6.92. The number of aryl methyl sites for hydroxylation is 2. The van der Waals surface area contributed by atoms with Crippen LogP contribution in [-0.4, -0.2) is 30.9 Å². The van der Waals surface area contributed by atoms with Gasteiger partial charge in [-0.2, -0.15) is 5.10 Å². The van der Waals surface area contributed by atoms with Crippen molar-refractivity contribution in [3.63, 3.8) is 0 Å². The van der Waals surface area contributed by atoms with E-state index >= 15 is 0 Å². The van der Waals surface area contributed by atoms with Crippen molar-refractivity contribution >= 4 is 33.4 Å². The topological polar surface area (TPSA) is 85.6 Å². The quantitative estimate of drug-likeness (QED) is 0.687. The number of hydrogen-bond donors (Lipinski definition) is 1. The SMILES string of the molecule is CCCc1nnc(NC(=O)c2cc(C3CC3)nc3c2c(C)nn3C(C)(C)C)s1. The number of aromatic nitrogens is 5. The molecule has 0 aliphatic heterocycles. The van der Waals surface area contributed by atoms with Crippen LogP contribution in [0, 0.1) is 6.92 Å². The highest BCUT2D eigenvalue weighted by Crippen LogP contribution is 2.41. The van der Waals surface area contributed by atoms with Crippen molar-refractivity contribution in [1.29, 1.82) is 0 Å². The molecule has 148 valence electrons. The Labute approximate surface area is 168 Å². The van der Waals surface area contributed by atoms with Gasteiger partial charge in [-0.1, -0.05) is 18.3 Å². The molecular weight excluding hydrogens is 372 g/mol. The highest BCUT2D eigenvalue weighted by molar-refractivity contribution is 7.15. The van der Waals surface area contributed by atoms with Crippen molar-refractivity contribution in [1.82, 2.24) is 25.0 Å². The molecule has 0 radical (unpaired) electrons. The van der Waals surface area contributed by atoms with E-state index in [1.807, 2.05) is 17.7 Å². The first-order valence-electron chi connectivity index (χ1n) is 9.82. The van der Waals surface area contributed by atoms with E-state index in [2.05, 4.69) is 43.2 Å². The van der Waals surface area contributed by atoms with Gasteiger partial charge in [0.1, 0.15) is 5.01 Å². The van der Waals surface area contributed by atoms with Gasteiger partial charge in [-0.15, -0.1) is 10.2 Å². The molecule has 1 amide bonds. The second-order valence-electron chi connectivity index (χ2n) is 8.44. The lowest BCUT2D eigenvalue weighted by atomic mass is 10.1. The number of nitrogens with zero attached hydrogens (tertiary/aromatic N) is 5. The normalized spacial score (nSPS) is 14.6. The van der Waals surface area contributed by atoms with Gasteiger partial charge in [0.2, 0.25) is 5.13 Å². The largest absolute Gasteiger partial charge is 0.296 e. The summed E-state index contributed by atoms with van der Waals surface area (Å²) in [4.78, 5) is 18.1.